The van der Waals surface area contributed by atoms with Crippen LogP contribution in [0.3, 0.4) is 0 Å². The van der Waals surface area contributed by atoms with Crippen LogP contribution in [0.15, 0.2) is 79.1 Å². The molecule has 5 aromatic rings. The minimum Gasteiger partial charge on any atom is -0.497 e. The van der Waals surface area contributed by atoms with Crippen molar-refractivity contribution >= 4 is 34.5 Å². The number of aromatic nitrogens is 4. The van der Waals surface area contributed by atoms with Crippen molar-refractivity contribution in [1.82, 2.24) is 24.6 Å². The van der Waals surface area contributed by atoms with E-state index in [1.54, 1.807) is 56.9 Å². The van der Waals surface area contributed by atoms with Crippen molar-refractivity contribution in [3.05, 3.63) is 90.3 Å². The zero-order valence-corrected chi connectivity index (χ0v) is 24.9. The molecule has 230 valence electrons. The number of carbonyl (C=O) groups excluding carboxylic acids is 1. The fraction of sp³-hybridized carbons (Fsp3) is 0.242. The minimum atomic E-state index is -0.937. The summed E-state index contributed by atoms with van der Waals surface area (Å²) in [6.07, 6.45) is 3.93. The van der Waals surface area contributed by atoms with E-state index < -0.39 is 6.09 Å². The fourth-order valence-corrected chi connectivity index (χ4v) is 5.61. The lowest BCUT2D eigenvalue weighted by atomic mass is 10.0. The normalized spacial score (nSPS) is 14.6. The molecule has 1 aliphatic heterocycles. The summed E-state index contributed by atoms with van der Waals surface area (Å²) in [4.78, 5) is 35.0. The van der Waals surface area contributed by atoms with Gasteiger partial charge in [0.15, 0.2) is 0 Å². The molecular weight excluding hydrogens is 574 g/mol. The second-order valence-corrected chi connectivity index (χ2v) is 10.6. The van der Waals surface area contributed by atoms with E-state index in [1.165, 1.54) is 4.90 Å². The number of carbonyl (C=O) groups is 2. The molecule has 0 bridgehead atoms. The number of pyridine rings is 2. The van der Waals surface area contributed by atoms with Gasteiger partial charge in [0.2, 0.25) is 0 Å². The van der Waals surface area contributed by atoms with Crippen molar-refractivity contribution < 1.29 is 24.2 Å². The number of methoxy groups -OCH3 is 2. The highest BCUT2D eigenvalue weighted by molar-refractivity contribution is 6.05. The molecule has 4 heterocycles. The number of amides is 2. The summed E-state index contributed by atoms with van der Waals surface area (Å²) in [5, 5.41) is 21.8. The van der Waals surface area contributed by atoms with Gasteiger partial charge in [0.1, 0.15) is 28.8 Å². The van der Waals surface area contributed by atoms with Crippen LogP contribution in [-0.4, -0.2) is 69.1 Å². The van der Waals surface area contributed by atoms with Crippen molar-refractivity contribution in [2.75, 3.05) is 37.9 Å². The minimum absolute atomic E-state index is 0.147. The largest absolute Gasteiger partial charge is 0.497 e. The maximum atomic E-state index is 12.9. The number of nitrogens with one attached hydrogen (secondary N) is 2. The molecule has 2 aromatic carbocycles. The van der Waals surface area contributed by atoms with Crippen LogP contribution in [0.1, 0.15) is 34.8 Å². The predicted octanol–water partition coefficient (Wildman–Crippen LogP) is 5.69. The fourth-order valence-electron chi connectivity index (χ4n) is 5.61. The van der Waals surface area contributed by atoms with Gasteiger partial charge >= 0.3 is 6.09 Å². The van der Waals surface area contributed by atoms with E-state index in [2.05, 4.69) is 20.6 Å². The maximum Gasteiger partial charge on any atom is 0.407 e. The van der Waals surface area contributed by atoms with E-state index in [0.29, 0.717) is 54.0 Å². The van der Waals surface area contributed by atoms with Gasteiger partial charge in [0.05, 0.1) is 31.2 Å². The summed E-state index contributed by atoms with van der Waals surface area (Å²) in [5.41, 5.74) is 3.68. The van der Waals surface area contributed by atoms with Gasteiger partial charge in [0, 0.05) is 54.8 Å². The van der Waals surface area contributed by atoms with E-state index in [9.17, 15) is 14.7 Å². The number of hydrogen-bond acceptors (Lipinski definition) is 8. The molecule has 0 aliphatic carbocycles. The topological polar surface area (TPSA) is 144 Å². The van der Waals surface area contributed by atoms with Crippen LogP contribution in [0.25, 0.3) is 22.2 Å². The molecule has 3 aromatic heterocycles. The van der Waals surface area contributed by atoms with Gasteiger partial charge in [-0.2, -0.15) is 5.10 Å². The smallest absolute Gasteiger partial charge is 0.407 e. The van der Waals surface area contributed by atoms with E-state index >= 15 is 0 Å². The second-order valence-electron chi connectivity index (χ2n) is 10.6. The molecule has 45 heavy (non-hydrogen) atoms. The van der Waals surface area contributed by atoms with E-state index in [1.807, 2.05) is 41.1 Å². The molecular formula is C33H33N7O5. The highest BCUT2D eigenvalue weighted by Crippen LogP contribution is 2.36. The second kappa shape index (κ2) is 12.9. The van der Waals surface area contributed by atoms with Crippen LogP contribution in [-0.2, 0) is 6.54 Å². The molecule has 3 N–H and O–H groups in total. The first-order valence-corrected chi connectivity index (χ1v) is 14.6. The van der Waals surface area contributed by atoms with Crippen LogP contribution >= 0.6 is 0 Å². The van der Waals surface area contributed by atoms with Gasteiger partial charge in [0.25, 0.3) is 5.91 Å². The van der Waals surface area contributed by atoms with Gasteiger partial charge in [-0.1, -0.05) is 18.2 Å². The number of nitrogens with zero attached hydrogens (tertiary/aromatic N) is 5. The Kier molecular flexibility index (Phi) is 8.45. The van der Waals surface area contributed by atoms with E-state index in [-0.39, 0.29) is 11.9 Å². The third-order valence-electron chi connectivity index (χ3n) is 7.90. The predicted molar refractivity (Wildman–Crippen MR) is 170 cm³/mol. The third-order valence-corrected chi connectivity index (χ3v) is 7.90. The number of benzene rings is 2. The highest BCUT2D eigenvalue weighted by Gasteiger charge is 2.28. The Labute approximate surface area is 259 Å². The van der Waals surface area contributed by atoms with Crippen molar-refractivity contribution in [1.29, 1.82) is 0 Å². The Bertz CT molecular complexity index is 1830. The number of fused-ring (bicyclic) bond motifs is 1. The lowest BCUT2D eigenvalue weighted by molar-refractivity contribution is 0.102. The van der Waals surface area contributed by atoms with Crippen LogP contribution in [0.4, 0.5) is 16.4 Å². The Morgan fingerprint density at radius 2 is 1.84 bits per heavy atom. The number of carboxylic acid groups (broad SMARTS) is 1. The Balaban J connectivity index is 1.37. The first kappa shape index (κ1) is 29.4. The summed E-state index contributed by atoms with van der Waals surface area (Å²) in [6.45, 7) is 1.26. The molecule has 1 saturated heterocycles. The molecule has 1 aliphatic rings. The van der Waals surface area contributed by atoms with Crippen LogP contribution < -0.4 is 20.1 Å². The molecule has 0 saturated carbocycles. The molecule has 2 amide bonds. The number of likely N-dealkylation sites (tertiary alicyclic amines) is 1. The molecule has 1 fully saturated rings. The highest BCUT2D eigenvalue weighted by atomic mass is 16.5. The Morgan fingerprint density at radius 1 is 1.00 bits per heavy atom. The summed E-state index contributed by atoms with van der Waals surface area (Å²) < 4.78 is 12.9. The van der Waals surface area contributed by atoms with Gasteiger partial charge in [-0.15, -0.1) is 0 Å². The molecule has 6 rings (SSSR count). The number of rotatable bonds is 9. The summed E-state index contributed by atoms with van der Waals surface area (Å²) in [7, 11) is 3.22. The van der Waals surface area contributed by atoms with Gasteiger partial charge < -0.3 is 30.1 Å². The van der Waals surface area contributed by atoms with Crippen LogP contribution in [0.5, 0.6) is 11.5 Å². The van der Waals surface area contributed by atoms with E-state index in [0.717, 1.165) is 34.9 Å². The Morgan fingerprint density at radius 3 is 2.58 bits per heavy atom. The molecule has 0 radical (unpaired) electrons. The third kappa shape index (κ3) is 6.21. The van der Waals surface area contributed by atoms with Crippen molar-refractivity contribution in [2.45, 2.75) is 25.4 Å². The number of piperidine rings is 1. The van der Waals surface area contributed by atoms with Crippen LogP contribution in [0.2, 0.25) is 0 Å². The average molecular weight is 608 g/mol. The van der Waals surface area contributed by atoms with Crippen molar-refractivity contribution in [2.24, 2.45) is 0 Å². The summed E-state index contributed by atoms with van der Waals surface area (Å²) in [5.74, 6) is 2.19. The first-order chi connectivity index (χ1) is 21.9. The summed E-state index contributed by atoms with van der Waals surface area (Å²) >= 11 is 0. The molecule has 0 spiro atoms. The van der Waals surface area contributed by atoms with Gasteiger partial charge in [-0.05, 0) is 55.3 Å². The standard InChI is InChI=1S/C33H33N7O5/c1-44-25-13-12-23(27(18-25)45-2)19-36-31-29-26(14-16-35-31)40(24-6-5-17-39(20-24)33(42)43)38-30(29)21-8-10-22(11-9-21)32(41)37-28-7-3-4-15-34-28/h3-4,7-16,18,24H,5-6,17,19-20H2,1-2H3,(H,35,36)(H,42,43)(H,34,37,41)/t24-/m1/s1. The molecule has 0 unspecified atom stereocenters. The SMILES string of the molecule is COc1ccc(CNc2nccc3c2c(-c2ccc(C(=O)Nc4ccccn4)cc2)nn3[C@@H]2CCCN(C(=O)O)C2)c(OC)c1. The average Bonchev–Trinajstić information content (AvgIpc) is 3.48. The number of hydrogen-bond donors (Lipinski definition) is 3. The van der Waals surface area contributed by atoms with Crippen molar-refractivity contribution in [3.63, 3.8) is 0 Å². The molecule has 12 heteroatoms. The monoisotopic (exact) mass is 607 g/mol. The van der Waals surface area contributed by atoms with E-state index in [4.69, 9.17) is 14.6 Å². The van der Waals surface area contributed by atoms with Crippen LogP contribution in [0, 0.1) is 0 Å². The lowest BCUT2D eigenvalue weighted by Gasteiger charge is -2.31. The Hall–Kier alpha value is -5.65. The van der Waals surface area contributed by atoms with Gasteiger partial charge in [-0.3, -0.25) is 9.48 Å². The first-order valence-electron chi connectivity index (χ1n) is 14.6. The maximum absolute atomic E-state index is 12.9. The number of anilines is 2. The zero-order chi connectivity index (χ0) is 31.3. The summed E-state index contributed by atoms with van der Waals surface area (Å²) in [6, 6.07) is 19.9. The molecule has 12 nitrogen and oxygen atoms in total. The van der Waals surface area contributed by atoms with Crippen molar-refractivity contribution in [3.8, 4) is 22.8 Å². The number of ether oxygens (including phenoxy) is 2. The molecule has 1 atom stereocenters. The quantitative estimate of drug-likeness (QED) is 0.192. The zero-order valence-electron chi connectivity index (χ0n) is 24.9. The van der Waals surface area contributed by atoms with Gasteiger partial charge in [-0.25, -0.2) is 14.8 Å². The lowest BCUT2D eigenvalue weighted by Crippen LogP contribution is -2.40.